The van der Waals surface area contributed by atoms with Gasteiger partial charge in [0, 0.05) is 6.04 Å². The molecule has 1 aliphatic carbocycles. The van der Waals surface area contributed by atoms with Crippen LogP contribution in [0.5, 0.6) is 0 Å². The number of ether oxygens (including phenoxy) is 1. The third kappa shape index (κ3) is 5.10. The minimum Gasteiger partial charge on any atom is -0.468 e. The molecule has 1 saturated carbocycles. The van der Waals surface area contributed by atoms with Crippen molar-refractivity contribution in [1.29, 1.82) is 0 Å². The van der Waals surface area contributed by atoms with Crippen LogP contribution >= 0.6 is 0 Å². The van der Waals surface area contributed by atoms with E-state index in [2.05, 4.69) is 4.74 Å². The van der Waals surface area contributed by atoms with Crippen molar-refractivity contribution in [2.45, 2.75) is 52.0 Å². The zero-order chi connectivity index (χ0) is 14.5. The molecule has 0 amide bonds. The summed E-state index contributed by atoms with van der Waals surface area (Å²) in [7, 11) is -2.12. The molecular weight excluding hydrogens is 266 g/mol. The molecule has 0 heterocycles. The van der Waals surface area contributed by atoms with E-state index in [1.54, 1.807) is 13.8 Å². The van der Waals surface area contributed by atoms with Crippen LogP contribution in [0.1, 0.15) is 46.0 Å². The number of carbonyl (C=O) groups excluding carboxylic acids is 1. The fourth-order valence-corrected chi connectivity index (χ4v) is 4.61. The first-order valence-corrected chi connectivity index (χ1v) is 8.54. The van der Waals surface area contributed by atoms with Crippen LogP contribution in [0.4, 0.5) is 0 Å². The largest absolute Gasteiger partial charge is 0.468 e. The topological polar surface area (TPSA) is 63.7 Å². The number of sulfonamides is 1. The van der Waals surface area contributed by atoms with Gasteiger partial charge >= 0.3 is 5.97 Å². The molecule has 6 heteroatoms. The van der Waals surface area contributed by atoms with Crippen molar-refractivity contribution in [1.82, 2.24) is 4.31 Å². The highest BCUT2D eigenvalue weighted by atomic mass is 32.2. The zero-order valence-electron chi connectivity index (χ0n) is 12.1. The molecule has 0 bridgehead atoms. The van der Waals surface area contributed by atoms with E-state index in [9.17, 15) is 13.2 Å². The van der Waals surface area contributed by atoms with Gasteiger partial charge in [-0.3, -0.25) is 4.79 Å². The molecule has 1 aliphatic rings. The van der Waals surface area contributed by atoms with Gasteiger partial charge in [-0.2, -0.15) is 4.31 Å². The first-order chi connectivity index (χ1) is 8.86. The third-order valence-corrected chi connectivity index (χ3v) is 5.77. The summed E-state index contributed by atoms with van der Waals surface area (Å²) in [5, 5.41) is 0. The van der Waals surface area contributed by atoms with Crippen LogP contribution in [0.3, 0.4) is 0 Å². The van der Waals surface area contributed by atoms with Crippen LogP contribution in [0.2, 0.25) is 0 Å². The minimum absolute atomic E-state index is 0.155. The number of esters is 1. The summed E-state index contributed by atoms with van der Waals surface area (Å²) in [6, 6.07) is -0.229. The predicted molar refractivity (Wildman–Crippen MR) is 74.2 cm³/mol. The fraction of sp³-hybridized carbons (Fsp3) is 0.923. The van der Waals surface area contributed by atoms with Crippen LogP contribution in [-0.4, -0.2) is 44.1 Å². The normalized spacial score (nSPS) is 17.9. The molecule has 0 N–H and O–H groups in total. The molecule has 0 aromatic rings. The van der Waals surface area contributed by atoms with Crippen molar-refractivity contribution >= 4 is 16.0 Å². The molecule has 1 rings (SSSR count). The number of hydrogen-bond acceptors (Lipinski definition) is 4. The Bertz CT molecular complexity index is 385. The Morgan fingerprint density at radius 3 is 2.32 bits per heavy atom. The van der Waals surface area contributed by atoms with Crippen LogP contribution in [0, 0.1) is 5.92 Å². The van der Waals surface area contributed by atoms with Gasteiger partial charge < -0.3 is 4.74 Å². The van der Waals surface area contributed by atoms with E-state index in [-0.39, 0.29) is 24.3 Å². The van der Waals surface area contributed by atoms with Gasteiger partial charge in [0.1, 0.15) is 6.54 Å². The number of nitrogens with zero attached hydrogens (tertiary/aromatic N) is 1. The van der Waals surface area contributed by atoms with Crippen molar-refractivity contribution in [2.24, 2.45) is 5.92 Å². The van der Waals surface area contributed by atoms with Gasteiger partial charge in [-0.05, 0) is 32.6 Å². The number of carbonyl (C=O) groups is 1. The van der Waals surface area contributed by atoms with E-state index in [0.717, 1.165) is 25.7 Å². The summed E-state index contributed by atoms with van der Waals surface area (Å²) in [4.78, 5) is 11.3. The third-order valence-electron chi connectivity index (χ3n) is 3.62. The maximum absolute atomic E-state index is 12.4. The van der Waals surface area contributed by atoms with Gasteiger partial charge in [-0.15, -0.1) is 0 Å². The Balaban J connectivity index is 2.71. The van der Waals surface area contributed by atoms with E-state index < -0.39 is 16.0 Å². The Labute approximate surface area is 116 Å². The first-order valence-electron chi connectivity index (χ1n) is 6.93. The highest BCUT2D eigenvalue weighted by Crippen LogP contribution is 2.26. The second-order valence-corrected chi connectivity index (χ2v) is 7.46. The summed E-state index contributed by atoms with van der Waals surface area (Å²) >= 11 is 0. The standard InChI is InChI=1S/C13H25NO4S/c1-11(2)14(9-13(15)18-3)19(16,17)10-12-7-5-4-6-8-12/h11-12H,4-10H2,1-3H3. The number of hydrogen-bond donors (Lipinski definition) is 0. The molecule has 0 spiro atoms. The molecule has 1 fully saturated rings. The van der Waals surface area contributed by atoms with Gasteiger partial charge in [0.05, 0.1) is 12.9 Å². The lowest BCUT2D eigenvalue weighted by Gasteiger charge is -2.28. The van der Waals surface area contributed by atoms with Crippen molar-refractivity contribution in [3.05, 3.63) is 0 Å². The highest BCUT2D eigenvalue weighted by Gasteiger charge is 2.30. The van der Waals surface area contributed by atoms with Gasteiger partial charge in [-0.1, -0.05) is 19.3 Å². The molecule has 0 aromatic heterocycles. The van der Waals surface area contributed by atoms with Crippen LogP contribution in [0.25, 0.3) is 0 Å². The lowest BCUT2D eigenvalue weighted by molar-refractivity contribution is -0.141. The fourth-order valence-electron chi connectivity index (χ4n) is 2.54. The Kier molecular flexibility index (Phi) is 6.26. The average molecular weight is 291 g/mol. The van der Waals surface area contributed by atoms with Gasteiger partial charge in [0.2, 0.25) is 10.0 Å². The quantitative estimate of drug-likeness (QED) is 0.700. The number of methoxy groups -OCH3 is 1. The van der Waals surface area contributed by atoms with E-state index in [0.29, 0.717) is 0 Å². The zero-order valence-corrected chi connectivity index (χ0v) is 12.9. The Morgan fingerprint density at radius 1 is 1.26 bits per heavy atom. The van der Waals surface area contributed by atoms with Crippen LogP contribution in [0.15, 0.2) is 0 Å². The molecular formula is C13H25NO4S. The Morgan fingerprint density at radius 2 is 1.84 bits per heavy atom. The van der Waals surface area contributed by atoms with Crippen molar-refractivity contribution in [2.75, 3.05) is 19.4 Å². The van der Waals surface area contributed by atoms with E-state index in [1.165, 1.54) is 17.8 Å². The molecule has 0 aliphatic heterocycles. The van der Waals surface area contributed by atoms with Crippen molar-refractivity contribution < 1.29 is 17.9 Å². The smallest absolute Gasteiger partial charge is 0.321 e. The molecule has 0 saturated heterocycles. The monoisotopic (exact) mass is 291 g/mol. The van der Waals surface area contributed by atoms with Crippen LogP contribution < -0.4 is 0 Å². The average Bonchev–Trinajstić information content (AvgIpc) is 2.35. The summed E-state index contributed by atoms with van der Waals surface area (Å²) < 4.78 is 30.6. The lowest BCUT2D eigenvalue weighted by atomic mass is 9.91. The molecule has 0 atom stereocenters. The molecule has 19 heavy (non-hydrogen) atoms. The van der Waals surface area contributed by atoms with Gasteiger partial charge in [0.15, 0.2) is 0 Å². The molecule has 112 valence electrons. The van der Waals surface area contributed by atoms with Crippen molar-refractivity contribution in [3.63, 3.8) is 0 Å². The van der Waals surface area contributed by atoms with Gasteiger partial charge in [-0.25, -0.2) is 8.42 Å². The maximum Gasteiger partial charge on any atom is 0.321 e. The van der Waals surface area contributed by atoms with E-state index >= 15 is 0 Å². The summed E-state index contributed by atoms with van der Waals surface area (Å²) in [5.74, 6) is -0.124. The van der Waals surface area contributed by atoms with E-state index in [1.807, 2.05) is 0 Å². The van der Waals surface area contributed by atoms with Crippen molar-refractivity contribution in [3.8, 4) is 0 Å². The molecule has 5 nitrogen and oxygen atoms in total. The Hall–Kier alpha value is -0.620. The highest BCUT2D eigenvalue weighted by molar-refractivity contribution is 7.89. The minimum atomic E-state index is -3.39. The van der Waals surface area contributed by atoms with E-state index in [4.69, 9.17) is 0 Å². The summed E-state index contributed by atoms with van der Waals surface area (Å²) in [6.45, 7) is 3.37. The van der Waals surface area contributed by atoms with Crippen LogP contribution in [-0.2, 0) is 19.6 Å². The second-order valence-electron chi connectivity index (χ2n) is 5.50. The maximum atomic E-state index is 12.4. The molecule has 0 unspecified atom stereocenters. The summed E-state index contributed by atoms with van der Waals surface area (Å²) in [6.07, 6.45) is 5.37. The second kappa shape index (κ2) is 7.24. The molecule has 0 radical (unpaired) electrons. The lowest BCUT2D eigenvalue weighted by Crippen LogP contribution is -2.43. The number of rotatable bonds is 6. The predicted octanol–water partition coefficient (Wildman–Crippen LogP) is 1.78. The molecule has 0 aromatic carbocycles. The first kappa shape index (κ1) is 16.4. The van der Waals surface area contributed by atoms with Gasteiger partial charge in [0.25, 0.3) is 0 Å². The summed E-state index contributed by atoms with van der Waals surface area (Å²) in [5.41, 5.74) is 0. The SMILES string of the molecule is COC(=O)CN(C(C)C)S(=O)(=O)CC1CCCCC1.